The van der Waals surface area contributed by atoms with Crippen molar-refractivity contribution in [2.45, 2.75) is 65.9 Å². The lowest BCUT2D eigenvalue weighted by atomic mass is 9.86. The molecule has 2 nitrogen and oxygen atoms in total. The summed E-state index contributed by atoms with van der Waals surface area (Å²) in [5.41, 5.74) is 8.85. The summed E-state index contributed by atoms with van der Waals surface area (Å²) in [6, 6.07) is 19.2. The molecule has 0 amide bonds. The summed E-state index contributed by atoms with van der Waals surface area (Å²) in [5, 5.41) is 10.4. The molecule has 0 radical (unpaired) electrons. The van der Waals surface area contributed by atoms with Crippen molar-refractivity contribution >= 4 is 6.08 Å². The first-order valence-corrected chi connectivity index (χ1v) is 11.5. The van der Waals surface area contributed by atoms with Gasteiger partial charge in [-0.25, -0.2) is 0 Å². The van der Waals surface area contributed by atoms with Crippen molar-refractivity contribution in [1.29, 1.82) is 0 Å². The molecular weight excluding hydrogens is 378 g/mol. The third-order valence-corrected chi connectivity index (χ3v) is 5.67. The van der Waals surface area contributed by atoms with Crippen molar-refractivity contribution in [2.24, 2.45) is 0 Å². The van der Waals surface area contributed by atoms with E-state index >= 15 is 0 Å². The molecule has 3 rings (SSSR count). The average molecular weight is 414 g/mol. The van der Waals surface area contributed by atoms with Gasteiger partial charge >= 0.3 is 0 Å². The Kier molecular flexibility index (Phi) is 7.81. The molecule has 0 aliphatic heterocycles. The molecule has 3 aromatic rings. The van der Waals surface area contributed by atoms with Crippen molar-refractivity contribution in [3.63, 3.8) is 0 Å². The molecule has 31 heavy (non-hydrogen) atoms. The number of aliphatic hydroxyl groups excluding tert-OH is 1. The Balaban J connectivity index is 2.24. The van der Waals surface area contributed by atoms with Crippen LogP contribution < -0.4 is 0 Å². The summed E-state index contributed by atoms with van der Waals surface area (Å²) in [5.74, 6) is 0.546. The number of aliphatic hydroxyl groups is 1. The molecule has 2 heteroatoms. The highest BCUT2D eigenvalue weighted by Gasteiger charge is 2.22. The topological polar surface area (TPSA) is 33.1 Å². The largest absolute Gasteiger partial charge is 0.392 e. The average Bonchev–Trinajstić information content (AvgIpc) is 2.79. The number of rotatable bonds is 8. The lowest BCUT2D eigenvalue weighted by molar-refractivity contribution is 0.280. The number of nitrogens with zero attached hydrogens (tertiary/aromatic N) is 1. The van der Waals surface area contributed by atoms with Gasteiger partial charge in [-0.1, -0.05) is 108 Å². The van der Waals surface area contributed by atoms with Crippen LogP contribution in [0.4, 0.5) is 0 Å². The number of benzene rings is 2. The normalized spacial score (nSPS) is 11.7. The molecule has 0 atom stereocenters. The van der Waals surface area contributed by atoms with Gasteiger partial charge in [0, 0.05) is 16.8 Å². The highest BCUT2D eigenvalue weighted by Crippen LogP contribution is 2.38. The highest BCUT2D eigenvalue weighted by atomic mass is 16.3. The maximum absolute atomic E-state index is 10.4. The van der Waals surface area contributed by atoms with Crippen LogP contribution in [0.1, 0.15) is 81.8 Å². The van der Waals surface area contributed by atoms with Crippen molar-refractivity contribution < 1.29 is 5.11 Å². The van der Waals surface area contributed by atoms with E-state index in [9.17, 15) is 5.11 Å². The van der Waals surface area contributed by atoms with E-state index in [0.29, 0.717) is 5.92 Å². The Labute approximate surface area is 187 Å². The summed E-state index contributed by atoms with van der Waals surface area (Å²) in [4.78, 5) is 5.06. The molecule has 0 spiro atoms. The van der Waals surface area contributed by atoms with Crippen LogP contribution in [0.25, 0.3) is 28.3 Å². The van der Waals surface area contributed by atoms with E-state index in [4.69, 9.17) is 4.98 Å². The molecule has 2 aromatic carbocycles. The molecule has 0 aliphatic carbocycles. The van der Waals surface area contributed by atoms with Crippen LogP contribution in [-0.2, 0) is 6.61 Å². The Morgan fingerprint density at radius 1 is 0.806 bits per heavy atom. The SMILES string of the molecule is CCC/C=C/c1c(C(C)C)nc(C(C)C)c(CO)c1-c1ccc(-c2ccccc2)cc1. The minimum Gasteiger partial charge on any atom is -0.392 e. The summed E-state index contributed by atoms with van der Waals surface area (Å²) in [6.07, 6.45) is 6.60. The third-order valence-electron chi connectivity index (χ3n) is 5.67. The minimum absolute atomic E-state index is 0.0106. The lowest BCUT2D eigenvalue weighted by Gasteiger charge is -2.23. The first kappa shape index (κ1) is 23.0. The van der Waals surface area contributed by atoms with Crippen molar-refractivity contribution in [1.82, 2.24) is 4.98 Å². The van der Waals surface area contributed by atoms with E-state index < -0.39 is 0 Å². The van der Waals surface area contributed by atoms with Crippen LogP contribution in [0, 0.1) is 0 Å². The van der Waals surface area contributed by atoms with Crippen LogP contribution in [0.15, 0.2) is 60.7 Å². The fourth-order valence-electron chi connectivity index (χ4n) is 4.08. The van der Waals surface area contributed by atoms with Gasteiger partial charge in [-0.05, 0) is 40.5 Å². The molecule has 0 unspecified atom stereocenters. The zero-order valence-corrected chi connectivity index (χ0v) is 19.5. The van der Waals surface area contributed by atoms with Crippen LogP contribution in [0.3, 0.4) is 0 Å². The molecule has 1 heterocycles. The van der Waals surface area contributed by atoms with E-state index in [0.717, 1.165) is 46.5 Å². The van der Waals surface area contributed by atoms with E-state index in [1.165, 1.54) is 11.1 Å². The zero-order chi connectivity index (χ0) is 22.4. The van der Waals surface area contributed by atoms with Crippen LogP contribution in [0.2, 0.25) is 0 Å². The Morgan fingerprint density at radius 2 is 1.39 bits per heavy atom. The molecule has 0 saturated carbocycles. The number of hydrogen-bond donors (Lipinski definition) is 1. The van der Waals surface area contributed by atoms with Crippen molar-refractivity contribution in [2.75, 3.05) is 0 Å². The summed E-state index contributed by atoms with van der Waals surface area (Å²) in [7, 11) is 0. The van der Waals surface area contributed by atoms with Crippen LogP contribution in [-0.4, -0.2) is 10.1 Å². The van der Waals surface area contributed by atoms with Crippen molar-refractivity contribution in [3.8, 4) is 22.3 Å². The van der Waals surface area contributed by atoms with Crippen LogP contribution >= 0.6 is 0 Å². The Bertz CT molecular complexity index is 1010. The quantitative estimate of drug-likeness (QED) is 0.406. The fraction of sp³-hybridized carbons (Fsp3) is 0.345. The fourth-order valence-corrected chi connectivity index (χ4v) is 4.08. The van der Waals surface area contributed by atoms with Gasteiger partial charge in [-0.2, -0.15) is 0 Å². The molecule has 0 bridgehead atoms. The molecule has 1 aromatic heterocycles. The monoisotopic (exact) mass is 413 g/mol. The Hall–Kier alpha value is -2.71. The first-order chi connectivity index (χ1) is 15.0. The second kappa shape index (κ2) is 10.5. The minimum atomic E-state index is -0.0106. The van der Waals surface area contributed by atoms with E-state index in [1.807, 2.05) is 6.07 Å². The molecule has 1 N–H and O–H groups in total. The van der Waals surface area contributed by atoms with Gasteiger partial charge in [0.15, 0.2) is 0 Å². The number of hydrogen-bond acceptors (Lipinski definition) is 2. The second-order valence-corrected chi connectivity index (χ2v) is 8.75. The van der Waals surface area contributed by atoms with Crippen molar-refractivity contribution in [3.05, 3.63) is 83.2 Å². The van der Waals surface area contributed by atoms with Gasteiger partial charge in [0.2, 0.25) is 0 Å². The predicted octanol–water partition coefficient (Wildman–Crippen LogP) is 7.97. The molecule has 162 valence electrons. The number of allylic oxidation sites excluding steroid dienone is 1. The summed E-state index contributed by atoms with van der Waals surface area (Å²) in [6.45, 7) is 10.9. The third kappa shape index (κ3) is 5.14. The molecule has 0 fully saturated rings. The standard InChI is InChI=1S/C29H35NO/c1-6-7-9-14-25-27(26(19-31)29(21(4)5)30-28(25)20(2)3)24-17-15-23(16-18-24)22-12-10-8-11-13-22/h8-18,20-21,31H,6-7,19H2,1-5H3/b14-9+. The highest BCUT2D eigenvalue weighted by molar-refractivity contribution is 5.81. The smallest absolute Gasteiger partial charge is 0.0706 e. The second-order valence-electron chi connectivity index (χ2n) is 8.75. The molecule has 0 saturated heterocycles. The number of aromatic nitrogens is 1. The maximum atomic E-state index is 10.4. The van der Waals surface area contributed by atoms with E-state index in [-0.39, 0.29) is 12.5 Å². The maximum Gasteiger partial charge on any atom is 0.0706 e. The van der Waals surface area contributed by atoms with Gasteiger partial charge < -0.3 is 5.11 Å². The number of pyridine rings is 1. The van der Waals surface area contributed by atoms with E-state index in [1.54, 1.807) is 0 Å². The van der Waals surface area contributed by atoms with Gasteiger partial charge in [-0.15, -0.1) is 0 Å². The lowest BCUT2D eigenvalue weighted by Crippen LogP contribution is -2.10. The van der Waals surface area contributed by atoms with E-state index in [2.05, 4.69) is 95.3 Å². The summed E-state index contributed by atoms with van der Waals surface area (Å²) >= 11 is 0. The van der Waals surface area contributed by atoms with Gasteiger partial charge in [0.05, 0.1) is 12.3 Å². The predicted molar refractivity (Wildman–Crippen MR) is 133 cm³/mol. The molecular formula is C29H35NO. The zero-order valence-electron chi connectivity index (χ0n) is 19.5. The summed E-state index contributed by atoms with van der Waals surface area (Å²) < 4.78 is 0. The Morgan fingerprint density at radius 3 is 1.94 bits per heavy atom. The first-order valence-electron chi connectivity index (χ1n) is 11.5. The number of unbranched alkanes of at least 4 members (excludes halogenated alkanes) is 1. The van der Waals surface area contributed by atoms with Gasteiger partial charge in [0.25, 0.3) is 0 Å². The van der Waals surface area contributed by atoms with Crippen LogP contribution in [0.5, 0.6) is 0 Å². The van der Waals surface area contributed by atoms with Gasteiger partial charge in [0.1, 0.15) is 0 Å². The molecule has 0 aliphatic rings. The van der Waals surface area contributed by atoms with Gasteiger partial charge in [-0.3, -0.25) is 4.98 Å².